The molecule has 228 valence electrons. The first-order valence-electron chi connectivity index (χ1n) is 13.5. The minimum Gasteiger partial charge on any atom is -0.349 e. The number of aryl methyl sites for hydroxylation is 1. The molecular weight excluding hydrogens is 570 g/mol. The van der Waals surface area contributed by atoms with Gasteiger partial charge in [0.1, 0.15) is 5.82 Å². The van der Waals surface area contributed by atoms with E-state index in [2.05, 4.69) is 28.3 Å². The fraction of sp³-hybridized carbons (Fsp3) is 0.387. The number of fused-ring (bicyclic) bond motifs is 1. The monoisotopic (exact) mass is 607 g/mol. The molecule has 0 spiro atoms. The van der Waals surface area contributed by atoms with Crippen LogP contribution < -0.4 is 15.4 Å². The molecule has 1 unspecified atom stereocenters. The topological polar surface area (TPSA) is 87.3 Å². The van der Waals surface area contributed by atoms with E-state index < -0.39 is 44.4 Å². The summed E-state index contributed by atoms with van der Waals surface area (Å²) in [6, 6.07) is 13.1. The van der Waals surface area contributed by atoms with Crippen LogP contribution in [0.1, 0.15) is 79.9 Å². The van der Waals surface area contributed by atoms with Crippen LogP contribution in [0.3, 0.4) is 0 Å². The molecule has 0 fully saturated rings. The van der Waals surface area contributed by atoms with Gasteiger partial charge in [0, 0.05) is 13.0 Å². The van der Waals surface area contributed by atoms with Crippen LogP contribution in [0.4, 0.5) is 17.6 Å². The fourth-order valence-electron chi connectivity index (χ4n) is 4.99. The Hall–Kier alpha value is -3.28. The van der Waals surface area contributed by atoms with Crippen LogP contribution in [0.25, 0.3) is 0 Å². The molecule has 3 aromatic carbocycles. The minimum absolute atomic E-state index is 0. The molecule has 3 N–H and O–H groups in total. The van der Waals surface area contributed by atoms with Gasteiger partial charge in [-0.2, -0.15) is 13.2 Å². The van der Waals surface area contributed by atoms with E-state index >= 15 is 0 Å². The van der Waals surface area contributed by atoms with Gasteiger partial charge in [0.05, 0.1) is 22.5 Å². The molecule has 4 rings (SSSR count). The summed E-state index contributed by atoms with van der Waals surface area (Å²) in [6.45, 7) is 3.77. The maximum Gasteiger partial charge on any atom is 0.416 e. The molecule has 0 aromatic heterocycles. The summed E-state index contributed by atoms with van der Waals surface area (Å²) in [5.74, 6) is -1.00. The van der Waals surface area contributed by atoms with Gasteiger partial charge >= 0.3 is 6.18 Å². The van der Waals surface area contributed by atoms with Crippen LogP contribution >= 0.6 is 0 Å². The lowest BCUT2D eigenvalue weighted by Crippen LogP contribution is -2.36. The quantitative estimate of drug-likeness (QED) is 0.170. The van der Waals surface area contributed by atoms with E-state index in [1.54, 1.807) is 0 Å². The smallest absolute Gasteiger partial charge is 0.349 e. The molecule has 0 radical (unpaired) electrons. The van der Waals surface area contributed by atoms with Crippen molar-refractivity contribution in [2.24, 2.45) is 0 Å². The maximum absolute atomic E-state index is 13.6. The van der Waals surface area contributed by atoms with Gasteiger partial charge in [-0.3, -0.25) is 4.79 Å². The number of rotatable bonds is 11. The molecule has 11 heteroatoms. The van der Waals surface area contributed by atoms with E-state index in [1.807, 2.05) is 12.1 Å². The number of hydrogen-bond acceptors (Lipinski definition) is 4. The molecule has 0 saturated carbocycles. The summed E-state index contributed by atoms with van der Waals surface area (Å²) in [5.41, 5.74) is 2.50. The average Bonchev–Trinajstić information content (AvgIpc) is 2.93. The normalized spacial score (nSPS) is 15.8. The number of halogens is 4. The molecule has 2 atom stereocenters. The fourth-order valence-corrected chi connectivity index (χ4v) is 6.26. The third kappa shape index (κ3) is 8.62. The number of alkyl halides is 3. The molecule has 0 bridgehead atoms. The summed E-state index contributed by atoms with van der Waals surface area (Å²) in [7, 11) is -4.47. The van der Waals surface area contributed by atoms with E-state index in [1.165, 1.54) is 12.1 Å². The highest BCUT2D eigenvalue weighted by atomic mass is 32.2. The van der Waals surface area contributed by atoms with Gasteiger partial charge in [-0.1, -0.05) is 50.7 Å². The Balaban J connectivity index is 0.00000484. The van der Waals surface area contributed by atoms with Crippen molar-refractivity contribution >= 4 is 15.9 Å². The number of carbonyl (C=O) groups is 1. The Labute approximate surface area is 245 Å². The third-order valence-electron chi connectivity index (χ3n) is 7.04. The van der Waals surface area contributed by atoms with Gasteiger partial charge in [0.2, 0.25) is 15.9 Å². The molecule has 0 aliphatic heterocycles. The van der Waals surface area contributed by atoms with Gasteiger partial charge in [-0.15, -0.1) is 0 Å². The molecule has 0 heterocycles. The Morgan fingerprint density at radius 3 is 2.48 bits per heavy atom. The number of hydrogen-bond donors (Lipinski definition) is 3. The molecule has 1 aliphatic carbocycles. The Kier molecular flexibility index (Phi) is 11.3. The summed E-state index contributed by atoms with van der Waals surface area (Å²) < 4.78 is 81.9. The van der Waals surface area contributed by atoms with Crippen LogP contribution in [-0.4, -0.2) is 20.9 Å². The van der Waals surface area contributed by atoms with Crippen LogP contribution in [0.5, 0.6) is 0 Å². The predicted molar refractivity (Wildman–Crippen MR) is 155 cm³/mol. The highest BCUT2D eigenvalue weighted by Gasteiger charge is 2.33. The van der Waals surface area contributed by atoms with Crippen molar-refractivity contribution in [2.45, 2.75) is 76.2 Å². The summed E-state index contributed by atoms with van der Waals surface area (Å²) in [5, 5.41) is 6.38. The molecule has 1 amide bonds. The van der Waals surface area contributed by atoms with Gasteiger partial charge < -0.3 is 10.6 Å². The molecule has 6 nitrogen and oxygen atoms in total. The SMILES string of the molecule is C.CCCNCc1ccc2c(c1)CCC[C@H]2NC(=O)CC(NS(=O)(=O)c1cccc(C(F)(F)F)c1)c1ccc(F)cc1. The molecule has 1 aliphatic rings. The van der Waals surface area contributed by atoms with E-state index in [0.29, 0.717) is 18.1 Å². The lowest BCUT2D eigenvalue weighted by atomic mass is 9.86. The first-order chi connectivity index (χ1) is 19.5. The van der Waals surface area contributed by atoms with Crippen molar-refractivity contribution < 1.29 is 30.8 Å². The Morgan fingerprint density at radius 1 is 1.05 bits per heavy atom. The van der Waals surface area contributed by atoms with Crippen molar-refractivity contribution in [3.63, 3.8) is 0 Å². The van der Waals surface area contributed by atoms with E-state index in [4.69, 9.17) is 0 Å². The standard InChI is InChI=1S/C30H33F4N3O3S.CH4/c1-2-15-35-19-20-9-14-26-22(16-20)5-3-8-27(26)36-29(38)18-28(21-10-12-24(31)13-11-21)37-41(39,40)25-7-4-6-23(17-25)30(32,33)34;/h4,6-7,9-14,16-17,27-28,35,37H,2-3,5,8,15,18-19H2,1H3,(H,36,38);1H4/t27-,28?;/m1./s1. The van der Waals surface area contributed by atoms with Gasteiger partial charge in [-0.05, 0) is 84.8 Å². The van der Waals surface area contributed by atoms with E-state index in [-0.39, 0.29) is 19.9 Å². The summed E-state index contributed by atoms with van der Waals surface area (Å²) >= 11 is 0. The minimum atomic E-state index is -4.73. The first-order valence-corrected chi connectivity index (χ1v) is 15.0. The average molecular weight is 608 g/mol. The predicted octanol–water partition coefficient (Wildman–Crippen LogP) is 6.58. The second-order valence-electron chi connectivity index (χ2n) is 10.2. The van der Waals surface area contributed by atoms with Crippen LogP contribution in [0, 0.1) is 5.82 Å². The van der Waals surface area contributed by atoms with Gasteiger partial charge in [-0.25, -0.2) is 17.5 Å². The third-order valence-corrected chi connectivity index (χ3v) is 8.51. The van der Waals surface area contributed by atoms with Crippen LogP contribution in [-0.2, 0) is 34.0 Å². The Bertz CT molecular complexity index is 1460. The maximum atomic E-state index is 13.6. The van der Waals surface area contributed by atoms with E-state index in [0.717, 1.165) is 79.4 Å². The zero-order chi connectivity index (χ0) is 29.6. The van der Waals surface area contributed by atoms with Crippen molar-refractivity contribution in [3.8, 4) is 0 Å². The largest absolute Gasteiger partial charge is 0.416 e. The summed E-state index contributed by atoms with van der Waals surface area (Å²) in [6.07, 6.45) is -1.57. The Morgan fingerprint density at radius 2 is 1.79 bits per heavy atom. The number of sulfonamides is 1. The van der Waals surface area contributed by atoms with Crippen molar-refractivity contribution in [3.05, 3.63) is 100 Å². The summed E-state index contributed by atoms with van der Waals surface area (Å²) in [4.78, 5) is 12.6. The molecule has 42 heavy (non-hydrogen) atoms. The van der Waals surface area contributed by atoms with Crippen LogP contribution in [0.15, 0.2) is 71.6 Å². The second kappa shape index (κ2) is 14.3. The van der Waals surface area contributed by atoms with Crippen molar-refractivity contribution in [1.82, 2.24) is 15.4 Å². The molecular formula is C31H37F4N3O3S. The van der Waals surface area contributed by atoms with Crippen LogP contribution in [0.2, 0.25) is 0 Å². The highest BCUT2D eigenvalue weighted by Crippen LogP contribution is 2.32. The zero-order valence-corrected chi connectivity index (χ0v) is 23.4. The second-order valence-corrected chi connectivity index (χ2v) is 11.9. The highest BCUT2D eigenvalue weighted by molar-refractivity contribution is 7.89. The number of carbonyl (C=O) groups excluding carboxylic acids is 1. The van der Waals surface area contributed by atoms with E-state index in [9.17, 15) is 30.8 Å². The number of nitrogens with one attached hydrogen (secondary N) is 3. The lowest BCUT2D eigenvalue weighted by molar-refractivity contribution is -0.137. The van der Waals surface area contributed by atoms with Crippen molar-refractivity contribution in [1.29, 1.82) is 0 Å². The first kappa shape index (κ1) is 33.2. The number of amides is 1. The van der Waals surface area contributed by atoms with Gasteiger partial charge in [0.15, 0.2) is 0 Å². The van der Waals surface area contributed by atoms with Gasteiger partial charge in [0.25, 0.3) is 0 Å². The van der Waals surface area contributed by atoms with Crippen molar-refractivity contribution in [2.75, 3.05) is 6.54 Å². The molecule has 3 aromatic rings. The number of benzene rings is 3. The zero-order valence-electron chi connectivity index (χ0n) is 22.6. The molecule has 0 saturated heterocycles. The lowest BCUT2D eigenvalue weighted by Gasteiger charge is -2.28.